The fourth-order valence-corrected chi connectivity index (χ4v) is 3.92. The fourth-order valence-electron chi connectivity index (χ4n) is 3.92. The molecular weight excluding hydrogens is 397 g/mol. The SMILES string of the molecule is CN=C(NCC(c1cnn(C)c1)N(C)C)N1CCN(Cc2ccc(OC)c(F)c2)CC1. The van der Waals surface area contributed by atoms with Crippen molar-refractivity contribution in [2.24, 2.45) is 12.0 Å². The monoisotopic (exact) mass is 431 g/mol. The molecular formula is C22H34FN7O. The van der Waals surface area contributed by atoms with Crippen LogP contribution in [0.4, 0.5) is 4.39 Å². The van der Waals surface area contributed by atoms with Crippen LogP contribution < -0.4 is 10.1 Å². The summed E-state index contributed by atoms with van der Waals surface area (Å²) < 4.78 is 20.8. The average Bonchev–Trinajstić information content (AvgIpc) is 3.17. The second kappa shape index (κ2) is 10.6. The molecule has 1 aromatic carbocycles. The number of aromatic nitrogens is 2. The van der Waals surface area contributed by atoms with E-state index in [0.29, 0.717) is 0 Å². The van der Waals surface area contributed by atoms with Gasteiger partial charge in [-0.05, 0) is 31.8 Å². The van der Waals surface area contributed by atoms with Crippen molar-refractivity contribution in [2.45, 2.75) is 12.6 Å². The molecule has 2 heterocycles. The first-order valence-corrected chi connectivity index (χ1v) is 10.6. The first kappa shape index (κ1) is 23.0. The third kappa shape index (κ3) is 5.95. The van der Waals surface area contributed by atoms with Crippen molar-refractivity contribution in [1.82, 2.24) is 29.8 Å². The molecule has 0 radical (unpaired) electrons. The summed E-state index contributed by atoms with van der Waals surface area (Å²) >= 11 is 0. The van der Waals surface area contributed by atoms with Crippen LogP contribution in [0.3, 0.4) is 0 Å². The van der Waals surface area contributed by atoms with Gasteiger partial charge in [0.15, 0.2) is 17.5 Å². The highest BCUT2D eigenvalue weighted by molar-refractivity contribution is 5.80. The van der Waals surface area contributed by atoms with Gasteiger partial charge in [0, 0.05) is 65.1 Å². The van der Waals surface area contributed by atoms with Gasteiger partial charge in [-0.15, -0.1) is 0 Å². The highest BCUT2D eigenvalue weighted by atomic mass is 19.1. The van der Waals surface area contributed by atoms with Crippen molar-refractivity contribution >= 4 is 5.96 Å². The van der Waals surface area contributed by atoms with E-state index in [1.54, 1.807) is 12.1 Å². The van der Waals surface area contributed by atoms with Crippen molar-refractivity contribution in [3.05, 3.63) is 47.5 Å². The molecule has 1 unspecified atom stereocenters. The van der Waals surface area contributed by atoms with E-state index in [4.69, 9.17) is 4.74 Å². The zero-order valence-electron chi connectivity index (χ0n) is 19.2. The summed E-state index contributed by atoms with van der Waals surface area (Å²) in [5, 5.41) is 7.83. The molecule has 0 aliphatic carbocycles. The van der Waals surface area contributed by atoms with Crippen molar-refractivity contribution in [3.8, 4) is 5.75 Å². The van der Waals surface area contributed by atoms with Crippen LogP contribution >= 0.6 is 0 Å². The maximum absolute atomic E-state index is 14.0. The smallest absolute Gasteiger partial charge is 0.193 e. The molecule has 8 nitrogen and oxygen atoms in total. The summed E-state index contributed by atoms with van der Waals surface area (Å²) in [4.78, 5) is 11.3. The number of methoxy groups -OCH3 is 1. The summed E-state index contributed by atoms with van der Waals surface area (Å²) in [6.07, 6.45) is 3.96. The third-order valence-electron chi connectivity index (χ3n) is 5.69. The number of piperazine rings is 1. The minimum Gasteiger partial charge on any atom is -0.494 e. The highest BCUT2D eigenvalue weighted by Gasteiger charge is 2.22. The molecule has 0 bridgehead atoms. The Morgan fingerprint density at radius 3 is 2.58 bits per heavy atom. The zero-order chi connectivity index (χ0) is 22.4. The molecule has 31 heavy (non-hydrogen) atoms. The minimum atomic E-state index is -0.313. The Morgan fingerprint density at radius 2 is 2.03 bits per heavy atom. The molecule has 3 rings (SSSR count). The van der Waals surface area contributed by atoms with Crippen molar-refractivity contribution in [3.63, 3.8) is 0 Å². The molecule has 0 saturated carbocycles. The number of halogens is 1. The molecule has 1 atom stereocenters. The standard InChI is InChI=1S/C22H34FN7O/c1-24-22(25-14-20(27(2)3)18-13-26-28(4)16-18)30-10-8-29(9-11-30)15-17-6-7-21(31-5)19(23)12-17/h6-7,12-13,16,20H,8-11,14-15H2,1-5H3,(H,24,25). The van der Waals surface area contributed by atoms with Crippen LogP contribution in [0.25, 0.3) is 0 Å². The Morgan fingerprint density at radius 1 is 1.29 bits per heavy atom. The van der Waals surface area contributed by atoms with Crippen LogP contribution in [0.2, 0.25) is 0 Å². The van der Waals surface area contributed by atoms with Gasteiger partial charge in [0.2, 0.25) is 0 Å². The van der Waals surface area contributed by atoms with Gasteiger partial charge in [0.1, 0.15) is 0 Å². The first-order chi connectivity index (χ1) is 14.9. The van der Waals surface area contributed by atoms with E-state index in [-0.39, 0.29) is 17.6 Å². The maximum Gasteiger partial charge on any atom is 0.193 e. The van der Waals surface area contributed by atoms with E-state index in [0.717, 1.165) is 50.8 Å². The molecule has 1 fully saturated rings. The quantitative estimate of drug-likeness (QED) is 0.530. The van der Waals surface area contributed by atoms with Crippen LogP contribution in [0.5, 0.6) is 5.75 Å². The second-order valence-corrected chi connectivity index (χ2v) is 8.09. The van der Waals surface area contributed by atoms with Gasteiger partial charge >= 0.3 is 0 Å². The number of hydrogen-bond acceptors (Lipinski definition) is 5. The Hall–Kier alpha value is -2.65. The highest BCUT2D eigenvalue weighted by Crippen LogP contribution is 2.19. The number of nitrogens with one attached hydrogen (secondary N) is 1. The lowest BCUT2D eigenvalue weighted by Gasteiger charge is -2.37. The Labute approximate surface area is 184 Å². The lowest BCUT2D eigenvalue weighted by molar-refractivity contribution is 0.171. The molecule has 0 spiro atoms. The number of guanidine groups is 1. The summed E-state index contributed by atoms with van der Waals surface area (Å²) in [5.41, 5.74) is 2.13. The van der Waals surface area contributed by atoms with Gasteiger partial charge in [-0.25, -0.2) is 4.39 Å². The van der Waals surface area contributed by atoms with Crippen LogP contribution in [-0.2, 0) is 13.6 Å². The maximum atomic E-state index is 14.0. The Bertz CT molecular complexity index is 874. The van der Waals surface area contributed by atoms with Gasteiger partial charge in [-0.3, -0.25) is 14.6 Å². The predicted octanol–water partition coefficient (Wildman–Crippen LogP) is 1.56. The number of benzene rings is 1. The molecule has 1 N–H and O–H groups in total. The van der Waals surface area contributed by atoms with E-state index in [2.05, 4.69) is 50.4 Å². The Balaban J connectivity index is 1.52. The zero-order valence-corrected chi connectivity index (χ0v) is 19.2. The van der Waals surface area contributed by atoms with Gasteiger partial charge < -0.3 is 19.9 Å². The largest absolute Gasteiger partial charge is 0.494 e. The number of aryl methyl sites for hydroxylation is 1. The Kier molecular flexibility index (Phi) is 7.86. The number of aliphatic imine (C=N–C) groups is 1. The fraction of sp³-hybridized carbons (Fsp3) is 0.545. The lowest BCUT2D eigenvalue weighted by Crippen LogP contribution is -2.53. The normalized spacial score (nSPS) is 16.6. The summed E-state index contributed by atoms with van der Waals surface area (Å²) in [6, 6.07) is 5.38. The van der Waals surface area contributed by atoms with Gasteiger partial charge in [0.25, 0.3) is 0 Å². The number of rotatable bonds is 7. The average molecular weight is 432 g/mol. The van der Waals surface area contributed by atoms with Crippen LogP contribution in [0.15, 0.2) is 35.6 Å². The lowest BCUT2D eigenvalue weighted by atomic mass is 10.1. The number of likely N-dealkylation sites (N-methyl/N-ethyl adjacent to an activating group) is 1. The molecule has 1 saturated heterocycles. The molecule has 9 heteroatoms. The van der Waals surface area contributed by atoms with Crippen molar-refractivity contribution in [2.75, 3.05) is 61.0 Å². The first-order valence-electron chi connectivity index (χ1n) is 10.6. The van der Waals surface area contributed by atoms with E-state index >= 15 is 0 Å². The van der Waals surface area contributed by atoms with E-state index in [9.17, 15) is 4.39 Å². The number of hydrogen-bond donors (Lipinski definition) is 1. The molecule has 1 aliphatic heterocycles. The van der Waals surface area contributed by atoms with E-state index in [1.165, 1.54) is 12.7 Å². The van der Waals surface area contributed by atoms with E-state index in [1.807, 2.05) is 31.0 Å². The third-order valence-corrected chi connectivity index (χ3v) is 5.69. The van der Waals surface area contributed by atoms with Gasteiger partial charge in [0.05, 0.1) is 19.3 Å². The van der Waals surface area contributed by atoms with Crippen molar-refractivity contribution < 1.29 is 9.13 Å². The minimum absolute atomic E-state index is 0.205. The van der Waals surface area contributed by atoms with Crippen LogP contribution in [0, 0.1) is 5.82 Å². The molecule has 170 valence electrons. The topological polar surface area (TPSA) is 61.2 Å². The molecule has 0 amide bonds. The number of ether oxygens (including phenoxy) is 1. The molecule has 2 aromatic rings. The number of nitrogens with zero attached hydrogens (tertiary/aromatic N) is 6. The summed E-state index contributed by atoms with van der Waals surface area (Å²) in [6.45, 7) is 5.01. The van der Waals surface area contributed by atoms with Crippen molar-refractivity contribution in [1.29, 1.82) is 0 Å². The van der Waals surface area contributed by atoms with Crippen LogP contribution in [-0.4, -0.2) is 91.4 Å². The molecule has 1 aromatic heterocycles. The van der Waals surface area contributed by atoms with E-state index < -0.39 is 0 Å². The van der Waals surface area contributed by atoms with Gasteiger partial charge in [-0.1, -0.05) is 6.07 Å². The predicted molar refractivity (Wildman–Crippen MR) is 121 cm³/mol. The summed E-state index contributed by atoms with van der Waals surface area (Å²) in [7, 11) is 9.38. The van der Waals surface area contributed by atoms with Crippen LogP contribution in [0.1, 0.15) is 17.2 Å². The molecule has 1 aliphatic rings. The van der Waals surface area contributed by atoms with Gasteiger partial charge in [-0.2, -0.15) is 5.10 Å². The second-order valence-electron chi connectivity index (χ2n) is 8.09. The summed E-state index contributed by atoms with van der Waals surface area (Å²) in [5.74, 6) is 0.879.